The monoisotopic (exact) mass is 581 g/mol. The summed E-state index contributed by atoms with van der Waals surface area (Å²) >= 11 is 0. The molecule has 0 saturated carbocycles. The number of hydrogen-bond acceptors (Lipinski definition) is 7. The molecule has 4 N–H and O–H groups in total. The van der Waals surface area contributed by atoms with Crippen molar-refractivity contribution in [2.45, 2.75) is 44.9 Å². The number of aryl methyl sites for hydroxylation is 1. The molecule has 0 fully saturated rings. The Morgan fingerprint density at radius 1 is 0.977 bits per heavy atom. The third kappa shape index (κ3) is 6.96. The Hall–Kier alpha value is -5.29. The maximum Gasteiger partial charge on any atom is 0.460 e. The second kappa shape index (κ2) is 13.1. The summed E-state index contributed by atoms with van der Waals surface area (Å²) in [6, 6.07) is 25.1. The summed E-state index contributed by atoms with van der Waals surface area (Å²) in [5.74, 6) is -2.33. The van der Waals surface area contributed by atoms with Crippen molar-refractivity contribution < 1.29 is 24.3 Å². The van der Waals surface area contributed by atoms with E-state index >= 15 is 0 Å². The number of aliphatic hydroxyl groups excluding tert-OH is 1. The van der Waals surface area contributed by atoms with Gasteiger partial charge in [-0.2, -0.15) is 15.2 Å². The number of H-pyrrole nitrogens is 1. The molecule has 0 spiro atoms. The van der Waals surface area contributed by atoms with Gasteiger partial charge in [-0.05, 0) is 41.2 Å². The Morgan fingerprint density at radius 3 is 2.33 bits per heavy atom. The lowest BCUT2D eigenvalue weighted by Crippen LogP contribution is -2.48. The Morgan fingerprint density at radius 2 is 1.67 bits per heavy atom. The molecule has 2 aromatic heterocycles. The second-order valence-corrected chi connectivity index (χ2v) is 10.2. The predicted molar refractivity (Wildman–Crippen MR) is 158 cm³/mol. The highest BCUT2D eigenvalue weighted by Crippen LogP contribution is 2.30. The number of nitrogens with zero attached hydrogens (tertiary/aromatic N) is 3. The molecule has 2 atom stereocenters. The van der Waals surface area contributed by atoms with Crippen LogP contribution in [-0.4, -0.2) is 54.2 Å². The third-order valence-electron chi connectivity index (χ3n) is 7.07. The number of carboxylic acid groups (broad SMARTS) is 1. The first-order chi connectivity index (χ1) is 20.8. The van der Waals surface area contributed by atoms with Crippen LogP contribution in [-0.2, 0) is 24.2 Å². The number of aliphatic hydroxyl groups is 1. The molecule has 220 valence electrons. The van der Waals surface area contributed by atoms with Gasteiger partial charge in [-0.3, -0.25) is 9.48 Å². The number of benzene rings is 3. The minimum Gasteiger partial charge on any atom is -0.479 e. The Labute approximate surface area is 246 Å². The number of rotatable bonds is 12. The summed E-state index contributed by atoms with van der Waals surface area (Å²) in [5.41, 5.74) is 5.25. The zero-order valence-corrected chi connectivity index (χ0v) is 23.4. The molecule has 11 heteroatoms. The van der Waals surface area contributed by atoms with E-state index in [1.54, 1.807) is 22.9 Å². The molecule has 1 amide bonds. The number of aromatic nitrogens is 4. The lowest BCUT2D eigenvalue weighted by molar-refractivity contribution is -0.148. The van der Waals surface area contributed by atoms with E-state index in [0.717, 1.165) is 39.9 Å². The number of aliphatic carboxylic acids is 1. The van der Waals surface area contributed by atoms with Crippen molar-refractivity contribution in [3.8, 4) is 22.5 Å². The standard InChI is InChI=1S/C32H31N5O6/c1-2-8-23-18-27(30(39)33-26(28(38)31(40)41)17-20-9-4-3-5-10-20)35-37(23)19-21-13-15-22(16-14-21)24-11-6-7-12-25(24)29-34-32(42)43-36-29/h3-7,9-16,18,26,28,38H,2,8,17,19H2,1H3,(H,33,39)(H,40,41)(H,34,36,42)/t26-,28-/m1/s1. The van der Waals surface area contributed by atoms with Crippen molar-refractivity contribution in [1.29, 1.82) is 0 Å². The van der Waals surface area contributed by atoms with Gasteiger partial charge < -0.3 is 20.1 Å². The van der Waals surface area contributed by atoms with Gasteiger partial charge in [0.15, 0.2) is 11.9 Å². The van der Waals surface area contributed by atoms with Gasteiger partial charge in [0.2, 0.25) is 0 Å². The lowest BCUT2D eigenvalue weighted by Gasteiger charge is -2.21. The van der Waals surface area contributed by atoms with Gasteiger partial charge in [-0.15, -0.1) is 0 Å². The number of hydrogen-bond donors (Lipinski definition) is 4. The van der Waals surface area contributed by atoms with Crippen LogP contribution in [0.4, 0.5) is 0 Å². The normalized spacial score (nSPS) is 12.5. The second-order valence-electron chi connectivity index (χ2n) is 10.2. The minimum absolute atomic E-state index is 0.144. The van der Waals surface area contributed by atoms with Crippen LogP contribution in [0.1, 0.15) is 40.7 Å². The molecule has 2 heterocycles. The van der Waals surface area contributed by atoms with E-state index in [4.69, 9.17) is 4.52 Å². The molecule has 5 rings (SSSR count). The highest BCUT2D eigenvalue weighted by atomic mass is 16.5. The third-order valence-corrected chi connectivity index (χ3v) is 7.07. The largest absolute Gasteiger partial charge is 0.479 e. The molecule has 0 aliphatic heterocycles. The van der Waals surface area contributed by atoms with E-state index in [1.807, 2.05) is 73.7 Å². The Bertz CT molecular complexity index is 1760. The Kier molecular flexibility index (Phi) is 8.92. The molecule has 11 nitrogen and oxygen atoms in total. The number of amides is 1. The summed E-state index contributed by atoms with van der Waals surface area (Å²) in [7, 11) is 0. The Balaban J connectivity index is 1.35. The molecule has 3 aromatic carbocycles. The molecule has 0 radical (unpaired) electrons. The molecular formula is C32H31N5O6. The quantitative estimate of drug-likeness (QED) is 0.173. The first kappa shape index (κ1) is 29.2. The van der Waals surface area contributed by atoms with Crippen molar-refractivity contribution in [2.75, 3.05) is 0 Å². The van der Waals surface area contributed by atoms with Crippen molar-refractivity contribution in [2.24, 2.45) is 0 Å². The first-order valence-electron chi connectivity index (χ1n) is 13.9. The van der Waals surface area contributed by atoms with Crippen LogP contribution in [0.15, 0.2) is 94.2 Å². The lowest BCUT2D eigenvalue weighted by atomic mass is 9.98. The van der Waals surface area contributed by atoms with Gasteiger partial charge in [0.25, 0.3) is 5.91 Å². The molecule has 43 heavy (non-hydrogen) atoms. The van der Waals surface area contributed by atoms with Crippen LogP contribution in [0.3, 0.4) is 0 Å². The fraction of sp³-hybridized carbons (Fsp3) is 0.219. The van der Waals surface area contributed by atoms with E-state index in [0.29, 0.717) is 18.8 Å². The van der Waals surface area contributed by atoms with Crippen molar-refractivity contribution in [3.05, 3.63) is 118 Å². The molecule has 0 bridgehead atoms. The van der Waals surface area contributed by atoms with Gasteiger partial charge in [0, 0.05) is 11.3 Å². The molecule has 0 aliphatic rings. The fourth-order valence-electron chi connectivity index (χ4n) is 4.93. The predicted octanol–water partition coefficient (Wildman–Crippen LogP) is 3.68. The van der Waals surface area contributed by atoms with Crippen LogP contribution in [0.2, 0.25) is 0 Å². The summed E-state index contributed by atoms with van der Waals surface area (Å²) in [6.07, 6.45) is -0.118. The minimum atomic E-state index is -1.78. The van der Waals surface area contributed by atoms with E-state index in [-0.39, 0.29) is 12.1 Å². The smallest absolute Gasteiger partial charge is 0.460 e. The van der Waals surface area contributed by atoms with Gasteiger partial charge in [0.1, 0.15) is 5.69 Å². The molecule has 0 aliphatic carbocycles. The van der Waals surface area contributed by atoms with Crippen LogP contribution in [0.5, 0.6) is 0 Å². The van der Waals surface area contributed by atoms with Crippen molar-refractivity contribution >= 4 is 11.9 Å². The molecular weight excluding hydrogens is 550 g/mol. The summed E-state index contributed by atoms with van der Waals surface area (Å²) in [4.78, 5) is 40.1. The zero-order valence-electron chi connectivity index (χ0n) is 23.4. The van der Waals surface area contributed by atoms with E-state index in [2.05, 4.69) is 20.6 Å². The average molecular weight is 582 g/mol. The van der Waals surface area contributed by atoms with Gasteiger partial charge >= 0.3 is 11.7 Å². The van der Waals surface area contributed by atoms with Crippen molar-refractivity contribution in [3.63, 3.8) is 0 Å². The number of carboxylic acids is 1. The summed E-state index contributed by atoms with van der Waals surface area (Å²) in [5, 5.41) is 29.5. The number of nitrogens with one attached hydrogen (secondary N) is 2. The number of carbonyl (C=O) groups excluding carboxylic acids is 1. The van der Waals surface area contributed by atoms with E-state index in [9.17, 15) is 24.6 Å². The molecule has 0 unspecified atom stereocenters. The number of aromatic amines is 1. The van der Waals surface area contributed by atoms with Gasteiger partial charge in [-0.1, -0.05) is 92.2 Å². The fourth-order valence-corrected chi connectivity index (χ4v) is 4.93. The van der Waals surface area contributed by atoms with Gasteiger partial charge in [0.05, 0.1) is 12.6 Å². The van der Waals surface area contributed by atoms with Crippen LogP contribution < -0.4 is 11.1 Å². The van der Waals surface area contributed by atoms with E-state index < -0.39 is 29.8 Å². The van der Waals surface area contributed by atoms with Gasteiger partial charge in [-0.25, -0.2) is 9.59 Å². The maximum absolute atomic E-state index is 13.2. The SMILES string of the molecule is CCCc1cc(C(=O)N[C@H](Cc2ccccc2)[C@@H](O)C(=O)O)nn1Cc1ccc(-c2ccccc2-c2nc(=O)o[nH]2)cc1. The van der Waals surface area contributed by atoms with Crippen molar-refractivity contribution in [1.82, 2.24) is 25.2 Å². The first-order valence-corrected chi connectivity index (χ1v) is 13.9. The zero-order chi connectivity index (χ0) is 30.3. The van der Waals surface area contributed by atoms with Crippen LogP contribution in [0, 0.1) is 0 Å². The summed E-state index contributed by atoms with van der Waals surface area (Å²) in [6.45, 7) is 2.44. The highest BCUT2D eigenvalue weighted by molar-refractivity contribution is 5.93. The maximum atomic E-state index is 13.2. The molecule has 5 aromatic rings. The van der Waals surface area contributed by atoms with Crippen LogP contribution in [0.25, 0.3) is 22.5 Å². The van der Waals surface area contributed by atoms with Crippen LogP contribution >= 0.6 is 0 Å². The number of carbonyl (C=O) groups is 2. The highest BCUT2D eigenvalue weighted by Gasteiger charge is 2.29. The van der Waals surface area contributed by atoms with E-state index in [1.165, 1.54) is 0 Å². The summed E-state index contributed by atoms with van der Waals surface area (Å²) < 4.78 is 6.51. The average Bonchev–Trinajstić information content (AvgIpc) is 3.63. The molecule has 0 saturated heterocycles. The topological polar surface area (TPSA) is 163 Å².